The van der Waals surface area contributed by atoms with E-state index in [2.05, 4.69) is 0 Å². The maximum absolute atomic E-state index is 11.9. The predicted molar refractivity (Wildman–Crippen MR) is 65.4 cm³/mol. The lowest BCUT2D eigenvalue weighted by atomic mass is 9.98. The van der Waals surface area contributed by atoms with Gasteiger partial charge >= 0.3 is 0 Å². The second kappa shape index (κ2) is 4.10. The molecule has 0 aromatic carbocycles. The molecule has 1 unspecified atom stereocenters. The molecular formula is C10H18ClNO4S. The van der Waals surface area contributed by atoms with Crippen LogP contribution in [-0.2, 0) is 14.9 Å². The van der Waals surface area contributed by atoms with E-state index in [-0.39, 0.29) is 11.8 Å². The minimum atomic E-state index is -4.47. The van der Waals surface area contributed by atoms with E-state index in [0.29, 0.717) is 0 Å². The summed E-state index contributed by atoms with van der Waals surface area (Å²) in [5, 5.41) is 0. The van der Waals surface area contributed by atoms with Gasteiger partial charge in [-0.2, -0.15) is 8.42 Å². The van der Waals surface area contributed by atoms with Crippen LogP contribution in [0.2, 0.25) is 0 Å². The fourth-order valence-electron chi connectivity index (χ4n) is 1.49. The molecule has 1 aliphatic rings. The molecule has 0 bridgehead atoms. The van der Waals surface area contributed by atoms with Crippen LogP contribution in [0.1, 0.15) is 33.6 Å². The second-order valence-electron chi connectivity index (χ2n) is 5.12. The average Bonchev–Trinajstić information content (AvgIpc) is 2.96. The molecule has 0 aromatic rings. The highest BCUT2D eigenvalue weighted by molar-refractivity contribution is 7.88. The largest absolute Gasteiger partial charge is 0.337 e. The molecule has 100 valence electrons. The minimum Gasteiger partial charge on any atom is -0.337 e. The van der Waals surface area contributed by atoms with Crippen LogP contribution < -0.4 is 0 Å². The lowest BCUT2D eigenvalue weighted by molar-refractivity contribution is -0.136. The first kappa shape index (κ1) is 14.7. The van der Waals surface area contributed by atoms with E-state index in [1.54, 1.807) is 0 Å². The Morgan fingerprint density at radius 1 is 1.35 bits per heavy atom. The minimum absolute atomic E-state index is 0.0341. The molecular weight excluding hydrogens is 266 g/mol. The van der Waals surface area contributed by atoms with Crippen LogP contribution in [0.3, 0.4) is 0 Å². The van der Waals surface area contributed by atoms with Crippen LogP contribution in [0.5, 0.6) is 0 Å². The summed E-state index contributed by atoms with van der Waals surface area (Å²) in [7, 11) is -2.97. The molecule has 17 heavy (non-hydrogen) atoms. The molecule has 0 aromatic heterocycles. The van der Waals surface area contributed by atoms with Crippen molar-refractivity contribution in [1.82, 2.24) is 4.90 Å². The van der Waals surface area contributed by atoms with Crippen LogP contribution >= 0.6 is 11.6 Å². The maximum Gasteiger partial charge on any atom is 0.286 e. The molecule has 0 spiro atoms. The molecule has 0 heterocycles. The zero-order valence-electron chi connectivity index (χ0n) is 10.4. The zero-order chi connectivity index (χ0) is 13.6. The van der Waals surface area contributed by atoms with Gasteiger partial charge in [0, 0.05) is 13.0 Å². The first-order chi connectivity index (χ1) is 7.43. The number of nitrogens with zero attached hydrogens (tertiary/aromatic N) is 1. The van der Waals surface area contributed by atoms with Gasteiger partial charge in [0.05, 0.1) is 5.54 Å². The fraction of sp³-hybridized carbons (Fsp3) is 0.900. The van der Waals surface area contributed by atoms with E-state index in [1.807, 2.05) is 0 Å². The van der Waals surface area contributed by atoms with E-state index in [0.717, 1.165) is 12.8 Å². The first-order valence-electron chi connectivity index (χ1n) is 5.36. The number of hydrogen-bond donors (Lipinski definition) is 1. The van der Waals surface area contributed by atoms with E-state index in [4.69, 9.17) is 16.2 Å². The standard InChI is InChI=1S/C10H18ClNO4S/c1-9(2,10(3,11)17(14,15)16)12(4)8(13)7-5-6-7/h7H,5-6H2,1-4H3,(H,14,15,16). The Balaban J connectivity index is 3.04. The Labute approximate surface area is 107 Å². The van der Waals surface area contributed by atoms with Gasteiger partial charge in [-0.05, 0) is 33.6 Å². The fourth-order valence-corrected chi connectivity index (χ4v) is 2.39. The van der Waals surface area contributed by atoms with Crippen LogP contribution in [0.4, 0.5) is 0 Å². The van der Waals surface area contributed by atoms with Gasteiger partial charge in [-0.1, -0.05) is 11.6 Å². The number of carbonyl (C=O) groups is 1. The van der Waals surface area contributed by atoms with Crippen LogP contribution in [0, 0.1) is 5.92 Å². The van der Waals surface area contributed by atoms with E-state index in [1.165, 1.54) is 32.7 Å². The quantitative estimate of drug-likeness (QED) is 0.626. The third-order valence-electron chi connectivity index (χ3n) is 3.67. The maximum atomic E-state index is 11.9. The number of rotatable bonds is 4. The topological polar surface area (TPSA) is 74.7 Å². The zero-order valence-corrected chi connectivity index (χ0v) is 12.0. The smallest absolute Gasteiger partial charge is 0.286 e. The number of halogens is 1. The van der Waals surface area contributed by atoms with Crippen molar-refractivity contribution in [2.45, 2.75) is 43.4 Å². The number of amides is 1. The van der Waals surface area contributed by atoms with Crippen molar-refractivity contribution in [3.05, 3.63) is 0 Å². The highest BCUT2D eigenvalue weighted by Gasteiger charge is 2.54. The normalized spacial score (nSPS) is 20.8. The summed E-state index contributed by atoms with van der Waals surface area (Å²) in [5.41, 5.74) is -1.21. The van der Waals surface area contributed by atoms with Gasteiger partial charge in [0.25, 0.3) is 10.1 Å². The number of hydrogen-bond acceptors (Lipinski definition) is 3. The molecule has 1 N–H and O–H groups in total. The van der Waals surface area contributed by atoms with Crippen molar-refractivity contribution in [3.63, 3.8) is 0 Å². The van der Waals surface area contributed by atoms with Crippen molar-refractivity contribution in [2.24, 2.45) is 5.92 Å². The molecule has 7 heteroatoms. The summed E-state index contributed by atoms with van der Waals surface area (Å²) in [6.07, 6.45) is 1.65. The van der Waals surface area contributed by atoms with Gasteiger partial charge in [-0.3, -0.25) is 9.35 Å². The molecule has 1 atom stereocenters. The van der Waals surface area contributed by atoms with Gasteiger partial charge in [0.1, 0.15) is 0 Å². The molecule has 1 fully saturated rings. The Morgan fingerprint density at radius 2 is 1.76 bits per heavy atom. The lowest BCUT2D eigenvalue weighted by Gasteiger charge is -2.43. The van der Waals surface area contributed by atoms with Crippen LogP contribution in [-0.4, -0.2) is 40.6 Å². The summed E-state index contributed by atoms with van der Waals surface area (Å²) in [4.78, 5) is 13.2. The molecule has 0 aliphatic heterocycles. The van der Waals surface area contributed by atoms with Crippen molar-refractivity contribution in [3.8, 4) is 0 Å². The Morgan fingerprint density at radius 3 is 2.06 bits per heavy atom. The van der Waals surface area contributed by atoms with E-state index < -0.39 is 19.9 Å². The predicted octanol–water partition coefficient (Wildman–Crippen LogP) is 1.48. The van der Waals surface area contributed by atoms with Gasteiger partial charge in [-0.15, -0.1) is 0 Å². The molecule has 0 radical (unpaired) electrons. The average molecular weight is 284 g/mol. The molecule has 1 aliphatic carbocycles. The van der Waals surface area contributed by atoms with Crippen molar-refractivity contribution in [1.29, 1.82) is 0 Å². The Bertz CT molecular complexity index is 426. The third kappa shape index (κ3) is 2.44. The summed E-state index contributed by atoms with van der Waals surface area (Å²) >= 11 is 5.94. The SMILES string of the molecule is CN(C(=O)C1CC1)C(C)(C)C(C)(Cl)S(=O)(=O)O. The third-order valence-corrected chi connectivity index (χ3v) is 6.19. The van der Waals surface area contributed by atoms with Crippen molar-refractivity contribution in [2.75, 3.05) is 7.05 Å². The van der Waals surface area contributed by atoms with E-state index in [9.17, 15) is 13.2 Å². The van der Waals surface area contributed by atoms with Gasteiger partial charge in [0.2, 0.25) is 5.91 Å². The monoisotopic (exact) mass is 283 g/mol. The molecule has 1 saturated carbocycles. The summed E-state index contributed by atoms with van der Waals surface area (Å²) in [6, 6.07) is 0. The van der Waals surface area contributed by atoms with Crippen LogP contribution in [0.15, 0.2) is 0 Å². The van der Waals surface area contributed by atoms with Crippen molar-refractivity contribution >= 4 is 27.6 Å². The molecule has 0 saturated heterocycles. The number of alkyl halides is 1. The van der Waals surface area contributed by atoms with Gasteiger partial charge in [-0.25, -0.2) is 0 Å². The van der Waals surface area contributed by atoms with Crippen LogP contribution in [0.25, 0.3) is 0 Å². The number of carbonyl (C=O) groups excluding carboxylic acids is 1. The summed E-state index contributed by atoms with van der Waals surface area (Å²) < 4.78 is 29.8. The first-order valence-corrected chi connectivity index (χ1v) is 7.18. The molecule has 5 nitrogen and oxygen atoms in total. The van der Waals surface area contributed by atoms with Gasteiger partial charge < -0.3 is 4.90 Å². The summed E-state index contributed by atoms with van der Waals surface area (Å²) in [6.45, 7) is 4.24. The van der Waals surface area contributed by atoms with Gasteiger partial charge in [0.15, 0.2) is 4.21 Å². The Hall–Kier alpha value is -0.330. The highest BCUT2D eigenvalue weighted by Crippen LogP contribution is 2.40. The molecule has 1 rings (SSSR count). The molecule has 1 amide bonds. The van der Waals surface area contributed by atoms with E-state index >= 15 is 0 Å². The summed E-state index contributed by atoms with van der Waals surface area (Å²) in [5.74, 6) is -0.168. The van der Waals surface area contributed by atoms with Crippen molar-refractivity contribution < 1.29 is 17.8 Å². The highest BCUT2D eigenvalue weighted by atomic mass is 35.5. The second-order valence-corrected chi connectivity index (χ2v) is 7.87. The lowest BCUT2D eigenvalue weighted by Crippen LogP contribution is -2.60. The Kier molecular flexibility index (Phi) is 3.55.